The average molecular weight is 383 g/mol. The van der Waals surface area contributed by atoms with Crippen LogP contribution in [-0.2, 0) is 11.3 Å². The number of esters is 1. The summed E-state index contributed by atoms with van der Waals surface area (Å²) in [5.74, 6) is 0.0528. The number of carbonyl (C=O) groups excluding carboxylic acids is 1. The lowest BCUT2D eigenvalue weighted by molar-refractivity contribution is 0.0470. The zero-order valence-electron chi connectivity index (χ0n) is 13.0. The maximum Gasteiger partial charge on any atom is 0.339 e. The van der Waals surface area contributed by atoms with Gasteiger partial charge >= 0.3 is 5.97 Å². The van der Waals surface area contributed by atoms with Crippen molar-refractivity contribution in [3.05, 3.63) is 57.3 Å². The highest BCUT2D eigenvalue weighted by atomic mass is 79.9. The van der Waals surface area contributed by atoms with Gasteiger partial charge in [0.25, 0.3) is 0 Å². The van der Waals surface area contributed by atoms with E-state index < -0.39 is 11.8 Å². The summed E-state index contributed by atoms with van der Waals surface area (Å²) < 4.78 is 29.5. The number of aryl methyl sites for hydroxylation is 1. The van der Waals surface area contributed by atoms with Gasteiger partial charge in [0.1, 0.15) is 12.4 Å². The van der Waals surface area contributed by atoms with Crippen LogP contribution in [0.2, 0.25) is 0 Å². The smallest absolute Gasteiger partial charge is 0.339 e. The number of methoxy groups -OCH3 is 2. The fraction of sp³-hybridized carbons (Fsp3) is 0.235. The van der Waals surface area contributed by atoms with Crippen LogP contribution in [0.5, 0.6) is 11.5 Å². The Balaban J connectivity index is 2.17. The largest absolute Gasteiger partial charge is 0.493 e. The molecule has 0 radical (unpaired) electrons. The minimum absolute atomic E-state index is 0.0496. The van der Waals surface area contributed by atoms with Gasteiger partial charge in [0.15, 0.2) is 11.5 Å². The summed E-state index contributed by atoms with van der Waals surface area (Å²) in [6.45, 7) is 1.93. The first kappa shape index (κ1) is 17.3. The van der Waals surface area contributed by atoms with Crippen LogP contribution in [0.1, 0.15) is 21.5 Å². The Hall–Kier alpha value is -2.08. The molecule has 0 aliphatic heterocycles. The third-order valence-corrected chi connectivity index (χ3v) is 4.04. The molecule has 0 saturated carbocycles. The molecule has 0 aliphatic rings. The van der Waals surface area contributed by atoms with E-state index in [-0.39, 0.29) is 12.2 Å². The lowest BCUT2D eigenvalue weighted by Gasteiger charge is -2.13. The van der Waals surface area contributed by atoms with Gasteiger partial charge in [0.2, 0.25) is 0 Å². The monoisotopic (exact) mass is 382 g/mol. The number of benzene rings is 2. The lowest BCUT2D eigenvalue weighted by atomic mass is 10.1. The number of rotatable bonds is 5. The van der Waals surface area contributed by atoms with Crippen molar-refractivity contribution in [3.63, 3.8) is 0 Å². The summed E-state index contributed by atoms with van der Waals surface area (Å²) in [6.07, 6.45) is 0. The summed E-state index contributed by atoms with van der Waals surface area (Å²) in [5, 5.41) is 0. The van der Waals surface area contributed by atoms with E-state index in [9.17, 15) is 9.18 Å². The molecule has 122 valence electrons. The molecule has 0 bridgehead atoms. The van der Waals surface area contributed by atoms with Crippen LogP contribution in [0.15, 0.2) is 34.8 Å². The van der Waals surface area contributed by atoms with Gasteiger partial charge in [-0.3, -0.25) is 0 Å². The molecule has 0 aromatic heterocycles. The Morgan fingerprint density at radius 1 is 1.13 bits per heavy atom. The van der Waals surface area contributed by atoms with E-state index in [2.05, 4.69) is 15.9 Å². The normalized spacial score (nSPS) is 10.3. The van der Waals surface area contributed by atoms with Crippen LogP contribution in [0.3, 0.4) is 0 Å². The molecule has 6 heteroatoms. The van der Waals surface area contributed by atoms with E-state index >= 15 is 0 Å². The number of hydrogen-bond acceptors (Lipinski definition) is 4. The van der Waals surface area contributed by atoms with Crippen LogP contribution in [-0.4, -0.2) is 20.2 Å². The zero-order chi connectivity index (χ0) is 17.0. The molecule has 0 amide bonds. The molecule has 0 fully saturated rings. The van der Waals surface area contributed by atoms with Crippen LogP contribution < -0.4 is 9.47 Å². The second kappa shape index (κ2) is 7.46. The summed E-state index contributed by atoms with van der Waals surface area (Å²) in [4.78, 5) is 12.1. The van der Waals surface area contributed by atoms with E-state index in [1.807, 2.05) is 6.92 Å². The summed E-state index contributed by atoms with van der Waals surface area (Å²) in [6, 6.07) is 7.42. The SMILES string of the molecule is COc1cc(C)c(COC(=O)c2cc(F)ccc2Br)cc1OC. The maximum absolute atomic E-state index is 13.3. The van der Waals surface area contributed by atoms with Crippen molar-refractivity contribution in [1.82, 2.24) is 0 Å². The fourth-order valence-corrected chi connectivity index (χ4v) is 2.46. The number of ether oxygens (including phenoxy) is 3. The van der Waals surface area contributed by atoms with E-state index in [0.29, 0.717) is 16.0 Å². The van der Waals surface area contributed by atoms with Gasteiger partial charge < -0.3 is 14.2 Å². The topological polar surface area (TPSA) is 44.8 Å². The van der Waals surface area contributed by atoms with Crippen molar-refractivity contribution in [2.75, 3.05) is 14.2 Å². The predicted molar refractivity (Wildman–Crippen MR) is 87.5 cm³/mol. The highest BCUT2D eigenvalue weighted by Gasteiger charge is 2.15. The van der Waals surface area contributed by atoms with E-state index in [0.717, 1.165) is 17.2 Å². The van der Waals surface area contributed by atoms with Crippen molar-refractivity contribution >= 4 is 21.9 Å². The Bertz CT molecular complexity index is 731. The minimum atomic E-state index is -0.606. The van der Waals surface area contributed by atoms with Crippen molar-refractivity contribution in [2.24, 2.45) is 0 Å². The first-order chi connectivity index (χ1) is 11.0. The standard InChI is InChI=1S/C17H16BrFO4/c1-10-6-15(21-2)16(22-3)7-11(10)9-23-17(20)13-8-12(19)4-5-14(13)18/h4-8H,9H2,1-3H3. The first-order valence-electron chi connectivity index (χ1n) is 6.80. The van der Waals surface area contributed by atoms with E-state index in [1.165, 1.54) is 19.2 Å². The van der Waals surface area contributed by atoms with Gasteiger partial charge in [-0.25, -0.2) is 9.18 Å². The Kier molecular flexibility index (Phi) is 5.60. The second-order valence-corrected chi connectivity index (χ2v) is 5.69. The van der Waals surface area contributed by atoms with Gasteiger partial charge in [0.05, 0.1) is 19.8 Å². The quantitative estimate of drug-likeness (QED) is 0.724. The summed E-state index contributed by atoms with van der Waals surface area (Å²) in [5.41, 5.74) is 1.82. The molecule has 2 aromatic rings. The van der Waals surface area contributed by atoms with E-state index in [1.54, 1.807) is 19.2 Å². The van der Waals surface area contributed by atoms with Crippen molar-refractivity contribution in [2.45, 2.75) is 13.5 Å². The van der Waals surface area contributed by atoms with Gasteiger partial charge in [0, 0.05) is 4.47 Å². The molecular weight excluding hydrogens is 367 g/mol. The molecule has 0 atom stereocenters. The number of halogens is 2. The number of hydrogen-bond donors (Lipinski definition) is 0. The highest BCUT2D eigenvalue weighted by molar-refractivity contribution is 9.10. The molecular formula is C17H16BrFO4. The molecule has 23 heavy (non-hydrogen) atoms. The molecule has 0 saturated heterocycles. The molecule has 0 heterocycles. The molecule has 0 N–H and O–H groups in total. The molecule has 4 nitrogen and oxygen atoms in total. The Labute approximate surface area is 142 Å². The summed E-state index contributed by atoms with van der Waals surface area (Å²) in [7, 11) is 3.09. The van der Waals surface area contributed by atoms with Crippen LogP contribution in [0.4, 0.5) is 4.39 Å². The van der Waals surface area contributed by atoms with Crippen LogP contribution in [0.25, 0.3) is 0 Å². The third-order valence-electron chi connectivity index (χ3n) is 3.35. The Morgan fingerprint density at radius 2 is 1.78 bits per heavy atom. The lowest BCUT2D eigenvalue weighted by Crippen LogP contribution is -2.07. The Morgan fingerprint density at radius 3 is 2.43 bits per heavy atom. The van der Waals surface area contributed by atoms with Gasteiger partial charge in [-0.1, -0.05) is 0 Å². The second-order valence-electron chi connectivity index (χ2n) is 4.83. The van der Waals surface area contributed by atoms with Crippen molar-refractivity contribution in [1.29, 1.82) is 0 Å². The third kappa shape index (κ3) is 4.01. The molecule has 0 aliphatic carbocycles. The van der Waals surface area contributed by atoms with Crippen LogP contribution >= 0.6 is 15.9 Å². The highest BCUT2D eigenvalue weighted by Crippen LogP contribution is 2.30. The van der Waals surface area contributed by atoms with E-state index in [4.69, 9.17) is 14.2 Å². The van der Waals surface area contributed by atoms with Crippen molar-refractivity contribution in [3.8, 4) is 11.5 Å². The zero-order valence-corrected chi connectivity index (χ0v) is 14.6. The van der Waals surface area contributed by atoms with Gasteiger partial charge in [-0.15, -0.1) is 0 Å². The predicted octanol–water partition coefficient (Wildman–Crippen LogP) is 4.27. The van der Waals surface area contributed by atoms with Gasteiger partial charge in [-0.05, 0) is 64.3 Å². The summed E-state index contributed by atoms with van der Waals surface area (Å²) >= 11 is 3.21. The molecule has 0 unspecified atom stereocenters. The first-order valence-corrected chi connectivity index (χ1v) is 7.59. The molecule has 0 spiro atoms. The molecule has 2 rings (SSSR count). The van der Waals surface area contributed by atoms with Crippen LogP contribution in [0, 0.1) is 12.7 Å². The molecule has 2 aromatic carbocycles. The average Bonchev–Trinajstić information content (AvgIpc) is 2.55. The minimum Gasteiger partial charge on any atom is -0.493 e. The number of carbonyl (C=O) groups is 1. The van der Waals surface area contributed by atoms with Gasteiger partial charge in [-0.2, -0.15) is 0 Å². The fourth-order valence-electron chi connectivity index (χ4n) is 2.05. The van der Waals surface area contributed by atoms with Crippen molar-refractivity contribution < 1.29 is 23.4 Å². The maximum atomic E-state index is 13.3.